The highest BCUT2D eigenvalue weighted by molar-refractivity contribution is 6.07. The van der Waals surface area contributed by atoms with Crippen LogP contribution in [0.3, 0.4) is 0 Å². The molecule has 1 fully saturated rings. The van der Waals surface area contributed by atoms with Gasteiger partial charge in [0.1, 0.15) is 17.9 Å². The molecule has 30 heavy (non-hydrogen) atoms. The summed E-state index contributed by atoms with van der Waals surface area (Å²) in [5.74, 6) is -1.19. The summed E-state index contributed by atoms with van der Waals surface area (Å²) in [5.41, 5.74) is 4.99. The van der Waals surface area contributed by atoms with Crippen molar-refractivity contribution in [2.24, 2.45) is 5.73 Å². The second kappa shape index (κ2) is 8.24. The number of esters is 1. The second-order valence-electron chi connectivity index (χ2n) is 6.82. The monoisotopic (exact) mass is 411 g/mol. The summed E-state index contributed by atoms with van der Waals surface area (Å²) in [6.07, 6.45) is 0. The molecule has 4 amide bonds. The summed E-state index contributed by atoms with van der Waals surface area (Å²) >= 11 is 0. The van der Waals surface area contributed by atoms with E-state index in [-0.39, 0.29) is 18.7 Å². The number of carbonyl (C=O) groups excluding carboxylic acids is 4. The predicted octanol–water partition coefficient (Wildman–Crippen LogP) is 1.42. The number of rotatable bonds is 7. The summed E-state index contributed by atoms with van der Waals surface area (Å²) in [6, 6.07) is 12.1. The minimum atomic E-state index is -1.33. The molecule has 9 heteroatoms. The number of hydrogen-bond donors (Lipinski definition) is 2. The van der Waals surface area contributed by atoms with Crippen molar-refractivity contribution in [1.82, 2.24) is 10.2 Å². The standard InChI is InChI=1S/C21H21N3O6/c1-21(15-7-3-5-13(11-15)17(22)25)19(27)24(20(28)23-21)9-10-30-16-8-4-6-14(12-16)18(26)29-2/h3-8,11-12H,9-10H2,1-2H3,(H2,22,25)(H,23,28)/t21-/m1/s1. The van der Waals surface area contributed by atoms with E-state index in [1.54, 1.807) is 37.3 Å². The fraction of sp³-hybridized carbons (Fsp3) is 0.238. The first-order valence-electron chi connectivity index (χ1n) is 9.12. The predicted molar refractivity (Wildman–Crippen MR) is 106 cm³/mol. The molecule has 0 radical (unpaired) electrons. The third-order valence-electron chi connectivity index (χ3n) is 4.84. The van der Waals surface area contributed by atoms with Gasteiger partial charge in [-0.1, -0.05) is 18.2 Å². The molecule has 0 saturated carbocycles. The fourth-order valence-electron chi connectivity index (χ4n) is 3.16. The Bertz CT molecular complexity index is 1020. The van der Waals surface area contributed by atoms with E-state index in [9.17, 15) is 19.2 Å². The van der Waals surface area contributed by atoms with Gasteiger partial charge in [0.25, 0.3) is 5.91 Å². The van der Waals surface area contributed by atoms with Gasteiger partial charge in [-0.3, -0.25) is 14.5 Å². The van der Waals surface area contributed by atoms with Gasteiger partial charge in [0.2, 0.25) is 5.91 Å². The van der Waals surface area contributed by atoms with Crippen LogP contribution in [-0.4, -0.2) is 49.0 Å². The van der Waals surface area contributed by atoms with E-state index in [2.05, 4.69) is 10.1 Å². The number of methoxy groups -OCH3 is 1. The maximum absolute atomic E-state index is 13.0. The first kappa shape index (κ1) is 20.8. The third kappa shape index (κ3) is 3.95. The van der Waals surface area contributed by atoms with Gasteiger partial charge in [0, 0.05) is 5.56 Å². The van der Waals surface area contributed by atoms with Crippen LogP contribution in [0, 0.1) is 0 Å². The molecule has 1 atom stereocenters. The molecule has 2 aromatic rings. The van der Waals surface area contributed by atoms with Crippen molar-refractivity contribution in [3.8, 4) is 5.75 Å². The third-order valence-corrected chi connectivity index (χ3v) is 4.84. The number of primary amides is 1. The van der Waals surface area contributed by atoms with E-state index >= 15 is 0 Å². The van der Waals surface area contributed by atoms with Gasteiger partial charge in [-0.2, -0.15) is 0 Å². The minimum Gasteiger partial charge on any atom is -0.492 e. The summed E-state index contributed by atoms with van der Waals surface area (Å²) in [7, 11) is 1.28. The summed E-state index contributed by atoms with van der Waals surface area (Å²) < 4.78 is 10.2. The molecule has 2 aromatic carbocycles. The number of benzene rings is 2. The summed E-state index contributed by atoms with van der Waals surface area (Å²) in [6.45, 7) is 1.59. The van der Waals surface area contributed by atoms with E-state index in [4.69, 9.17) is 10.5 Å². The highest BCUT2D eigenvalue weighted by Crippen LogP contribution is 2.29. The van der Waals surface area contributed by atoms with E-state index in [1.165, 1.54) is 25.3 Å². The van der Waals surface area contributed by atoms with Crippen LogP contribution < -0.4 is 15.8 Å². The smallest absolute Gasteiger partial charge is 0.337 e. The van der Waals surface area contributed by atoms with Crippen LogP contribution in [0.1, 0.15) is 33.2 Å². The molecule has 3 N–H and O–H groups in total. The zero-order valence-corrected chi connectivity index (χ0v) is 16.5. The van der Waals surface area contributed by atoms with Crippen molar-refractivity contribution in [1.29, 1.82) is 0 Å². The molecular formula is C21H21N3O6. The number of amides is 4. The first-order chi connectivity index (χ1) is 14.3. The van der Waals surface area contributed by atoms with Crippen LogP contribution in [0.2, 0.25) is 0 Å². The molecule has 3 rings (SSSR count). The highest BCUT2D eigenvalue weighted by atomic mass is 16.5. The van der Waals surface area contributed by atoms with Crippen molar-refractivity contribution in [2.45, 2.75) is 12.5 Å². The van der Waals surface area contributed by atoms with Crippen molar-refractivity contribution in [3.63, 3.8) is 0 Å². The molecular weight excluding hydrogens is 390 g/mol. The Kier molecular flexibility index (Phi) is 5.72. The average molecular weight is 411 g/mol. The quantitative estimate of drug-likeness (QED) is 0.524. The van der Waals surface area contributed by atoms with Gasteiger partial charge in [0.15, 0.2) is 0 Å². The fourth-order valence-corrected chi connectivity index (χ4v) is 3.16. The largest absolute Gasteiger partial charge is 0.492 e. The Morgan fingerprint density at radius 2 is 1.80 bits per heavy atom. The Morgan fingerprint density at radius 3 is 2.50 bits per heavy atom. The van der Waals surface area contributed by atoms with Gasteiger partial charge in [-0.25, -0.2) is 9.59 Å². The van der Waals surface area contributed by atoms with E-state index < -0.39 is 29.4 Å². The highest BCUT2D eigenvalue weighted by Gasteiger charge is 2.48. The van der Waals surface area contributed by atoms with Crippen LogP contribution in [-0.2, 0) is 15.1 Å². The van der Waals surface area contributed by atoms with Gasteiger partial charge in [-0.05, 0) is 42.8 Å². The molecule has 9 nitrogen and oxygen atoms in total. The van der Waals surface area contributed by atoms with Crippen LogP contribution in [0.5, 0.6) is 5.75 Å². The van der Waals surface area contributed by atoms with Gasteiger partial charge >= 0.3 is 12.0 Å². The van der Waals surface area contributed by atoms with Gasteiger partial charge in [-0.15, -0.1) is 0 Å². The summed E-state index contributed by atoms with van der Waals surface area (Å²) in [4.78, 5) is 49.4. The SMILES string of the molecule is COC(=O)c1cccc(OCCN2C(=O)N[C@](C)(c3cccc(C(N)=O)c3)C2=O)c1. The molecule has 0 aliphatic carbocycles. The number of hydrogen-bond acceptors (Lipinski definition) is 6. The lowest BCUT2D eigenvalue weighted by Crippen LogP contribution is -2.41. The Hall–Kier alpha value is -3.88. The van der Waals surface area contributed by atoms with E-state index in [0.29, 0.717) is 16.9 Å². The number of nitrogens with one attached hydrogen (secondary N) is 1. The molecule has 1 heterocycles. The molecule has 0 spiro atoms. The van der Waals surface area contributed by atoms with Crippen molar-refractivity contribution in [3.05, 3.63) is 65.2 Å². The van der Waals surface area contributed by atoms with Crippen LogP contribution >= 0.6 is 0 Å². The number of imide groups is 1. The number of nitrogens with zero attached hydrogens (tertiary/aromatic N) is 1. The number of urea groups is 1. The second-order valence-corrected chi connectivity index (χ2v) is 6.82. The van der Waals surface area contributed by atoms with Crippen LogP contribution in [0.25, 0.3) is 0 Å². The number of ether oxygens (including phenoxy) is 2. The Balaban J connectivity index is 1.69. The van der Waals surface area contributed by atoms with Crippen LogP contribution in [0.4, 0.5) is 4.79 Å². The normalized spacial score (nSPS) is 18.1. The summed E-state index contributed by atoms with van der Waals surface area (Å²) in [5, 5.41) is 2.66. The molecule has 1 aliphatic heterocycles. The van der Waals surface area contributed by atoms with Gasteiger partial charge in [0.05, 0.1) is 19.2 Å². The number of nitrogens with two attached hydrogens (primary N) is 1. The zero-order chi connectivity index (χ0) is 21.9. The lowest BCUT2D eigenvalue weighted by molar-refractivity contribution is -0.131. The van der Waals surface area contributed by atoms with Gasteiger partial charge < -0.3 is 20.5 Å². The molecule has 0 unspecified atom stereocenters. The van der Waals surface area contributed by atoms with Crippen LogP contribution in [0.15, 0.2) is 48.5 Å². The van der Waals surface area contributed by atoms with Crippen molar-refractivity contribution < 1.29 is 28.7 Å². The average Bonchev–Trinajstić information content (AvgIpc) is 2.97. The van der Waals surface area contributed by atoms with Crippen molar-refractivity contribution >= 4 is 23.8 Å². The molecule has 1 aliphatic rings. The molecule has 0 bridgehead atoms. The van der Waals surface area contributed by atoms with Crippen molar-refractivity contribution in [2.75, 3.05) is 20.3 Å². The Morgan fingerprint density at radius 1 is 1.10 bits per heavy atom. The number of carbonyl (C=O) groups is 4. The maximum Gasteiger partial charge on any atom is 0.337 e. The molecule has 1 saturated heterocycles. The lowest BCUT2D eigenvalue weighted by Gasteiger charge is -2.22. The van der Waals surface area contributed by atoms with E-state index in [0.717, 1.165) is 4.90 Å². The first-order valence-corrected chi connectivity index (χ1v) is 9.12. The maximum atomic E-state index is 13.0. The lowest BCUT2D eigenvalue weighted by atomic mass is 9.90. The van der Waals surface area contributed by atoms with E-state index in [1.807, 2.05) is 0 Å². The molecule has 0 aromatic heterocycles. The topological polar surface area (TPSA) is 128 Å². The Labute approximate surface area is 172 Å². The minimum absolute atomic E-state index is 0.00177. The zero-order valence-electron chi connectivity index (χ0n) is 16.5. The molecule has 156 valence electrons.